The molecule has 0 spiro atoms. The zero-order valence-corrected chi connectivity index (χ0v) is 10.7. The number of nitrogens with one attached hydrogen (secondary N) is 1. The first-order chi connectivity index (χ1) is 8.46. The molecule has 18 heavy (non-hydrogen) atoms. The van der Waals surface area contributed by atoms with Gasteiger partial charge >= 0.3 is 0 Å². The number of benzene rings is 1. The van der Waals surface area contributed by atoms with E-state index in [0.717, 1.165) is 0 Å². The number of hydrogen-bond donors (Lipinski definition) is 2. The first-order valence-corrected chi connectivity index (χ1v) is 6.94. The summed E-state index contributed by atoms with van der Waals surface area (Å²) in [6.07, 6.45) is 3.04. The Labute approximate surface area is 105 Å². The van der Waals surface area contributed by atoms with Gasteiger partial charge in [-0.25, -0.2) is 8.42 Å². The van der Waals surface area contributed by atoms with E-state index in [1.165, 1.54) is 10.9 Å². The van der Waals surface area contributed by atoms with Crippen LogP contribution >= 0.6 is 0 Å². The van der Waals surface area contributed by atoms with E-state index >= 15 is 0 Å². The summed E-state index contributed by atoms with van der Waals surface area (Å²) in [6.45, 7) is 0. The van der Waals surface area contributed by atoms with Gasteiger partial charge in [-0.15, -0.1) is 0 Å². The lowest BCUT2D eigenvalue weighted by Crippen LogP contribution is -2.15. The van der Waals surface area contributed by atoms with Crippen LogP contribution < -0.4 is 10.5 Å². The van der Waals surface area contributed by atoms with Gasteiger partial charge in [-0.1, -0.05) is 18.2 Å². The maximum absolute atomic E-state index is 11.9. The Morgan fingerprint density at radius 1 is 1.39 bits per heavy atom. The molecule has 3 N–H and O–H groups in total. The van der Waals surface area contributed by atoms with Crippen molar-refractivity contribution in [1.29, 1.82) is 0 Å². The van der Waals surface area contributed by atoms with Crippen molar-refractivity contribution in [2.75, 3.05) is 10.5 Å². The SMILES string of the molecule is Cn1cc(NS(=O)(=O)Cc2ccccc2N)cn1. The topological polar surface area (TPSA) is 90.0 Å². The second kappa shape index (κ2) is 4.69. The fourth-order valence-corrected chi connectivity index (χ4v) is 2.77. The molecule has 0 radical (unpaired) electrons. The molecule has 0 fully saturated rings. The molecule has 0 atom stereocenters. The zero-order valence-electron chi connectivity index (χ0n) is 9.87. The fourth-order valence-electron chi connectivity index (χ4n) is 1.56. The van der Waals surface area contributed by atoms with E-state index in [2.05, 4.69) is 9.82 Å². The van der Waals surface area contributed by atoms with Crippen molar-refractivity contribution in [1.82, 2.24) is 9.78 Å². The molecular weight excluding hydrogens is 252 g/mol. The summed E-state index contributed by atoms with van der Waals surface area (Å²) in [4.78, 5) is 0. The summed E-state index contributed by atoms with van der Waals surface area (Å²) in [5.41, 5.74) is 7.20. The number of hydrogen-bond acceptors (Lipinski definition) is 4. The monoisotopic (exact) mass is 266 g/mol. The van der Waals surface area contributed by atoms with E-state index in [-0.39, 0.29) is 5.75 Å². The van der Waals surface area contributed by atoms with E-state index in [9.17, 15) is 8.42 Å². The van der Waals surface area contributed by atoms with E-state index < -0.39 is 10.0 Å². The molecule has 2 rings (SSSR count). The van der Waals surface area contributed by atoms with Gasteiger partial charge < -0.3 is 5.73 Å². The number of nitrogens with zero attached hydrogens (tertiary/aromatic N) is 2. The Balaban J connectivity index is 2.15. The van der Waals surface area contributed by atoms with Crippen molar-refractivity contribution >= 4 is 21.4 Å². The molecule has 7 heteroatoms. The summed E-state index contributed by atoms with van der Waals surface area (Å²) in [7, 11) is -1.76. The smallest absolute Gasteiger partial charge is 0.237 e. The first kappa shape index (κ1) is 12.4. The Morgan fingerprint density at radius 3 is 2.72 bits per heavy atom. The molecule has 96 valence electrons. The Morgan fingerprint density at radius 2 is 2.11 bits per heavy atom. The number of sulfonamides is 1. The molecule has 0 saturated heterocycles. The molecule has 2 aromatic rings. The van der Waals surface area contributed by atoms with E-state index in [4.69, 9.17) is 5.73 Å². The number of aromatic nitrogens is 2. The standard InChI is InChI=1S/C11H14N4O2S/c1-15-7-10(6-13-15)14-18(16,17)8-9-4-2-3-5-11(9)12/h2-7,14H,8,12H2,1H3. The molecule has 6 nitrogen and oxygen atoms in total. The van der Waals surface area contributed by atoms with Crippen LogP contribution in [0.3, 0.4) is 0 Å². The van der Waals surface area contributed by atoms with E-state index in [1.807, 2.05) is 0 Å². The molecule has 0 unspecified atom stereocenters. The normalized spacial score (nSPS) is 11.4. The highest BCUT2D eigenvalue weighted by Gasteiger charge is 2.14. The summed E-state index contributed by atoms with van der Waals surface area (Å²) < 4.78 is 27.8. The second-order valence-corrected chi connectivity index (χ2v) is 5.68. The van der Waals surface area contributed by atoms with Crippen molar-refractivity contribution < 1.29 is 8.42 Å². The van der Waals surface area contributed by atoms with Crippen LogP contribution in [0.4, 0.5) is 11.4 Å². The largest absolute Gasteiger partial charge is 0.398 e. The third kappa shape index (κ3) is 3.01. The van der Waals surface area contributed by atoms with Crippen molar-refractivity contribution in [3.05, 3.63) is 42.2 Å². The van der Waals surface area contributed by atoms with E-state index in [0.29, 0.717) is 16.9 Å². The van der Waals surface area contributed by atoms with Crippen LogP contribution in [0.5, 0.6) is 0 Å². The Hall–Kier alpha value is -2.02. The van der Waals surface area contributed by atoms with Gasteiger partial charge in [0.25, 0.3) is 0 Å². The molecule has 0 amide bonds. The lowest BCUT2D eigenvalue weighted by Gasteiger charge is -2.07. The van der Waals surface area contributed by atoms with Crippen molar-refractivity contribution in [2.45, 2.75) is 5.75 Å². The second-order valence-electron chi connectivity index (χ2n) is 3.96. The summed E-state index contributed by atoms with van der Waals surface area (Å²) in [5, 5.41) is 3.89. The van der Waals surface area contributed by atoms with Gasteiger partial charge in [0, 0.05) is 18.9 Å². The van der Waals surface area contributed by atoms with Gasteiger partial charge in [0.1, 0.15) is 0 Å². The zero-order chi connectivity index (χ0) is 13.2. The molecule has 0 bridgehead atoms. The lowest BCUT2D eigenvalue weighted by atomic mass is 10.2. The summed E-state index contributed by atoms with van der Waals surface area (Å²) >= 11 is 0. The quantitative estimate of drug-likeness (QED) is 0.806. The third-order valence-corrected chi connectivity index (χ3v) is 3.62. The van der Waals surface area contributed by atoms with Gasteiger partial charge in [0.2, 0.25) is 10.0 Å². The highest BCUT2D eigenvalue weighted by atomic mass is 32.2. The number of nitrogen functional groups attached to an aromatic ring is 1. The number of rotatable bonds is 4. The van der Waals surface area contributed by atoms with Crippen LogP contribution in [0.1, 0.15) is 5.56 Å². The number of aryl methyl sites for hydroxylation is 1. The van der Waals surface area contributed by atoms with Crippen LogP contribution in [-0.4, -0.2) is 18.2 Å². The molecule has 0 saturated carbocycles. The third-order valence-electron chi connectivity index (χ3n) is 2.38. The van der Waals surface area contributed by atoms with Crippen molar-refractivity contribution in [2.24, 2.45) is 7.05 Å². The Kier molecular flexibility index (Phi) is 3.24. The van der Waals surface area contributed by atoms with Crippen molar-refractivity contribution in [3.63, 3.8) is 0 Å². The van der Waals surface area contributed by atoms with E-state index in [1.54, 1.807) is 37.5 Å². The molecular formula is C11H14N4O2S. The predicted octanol–water partition coefficient (Wildman–Crippen LogP) is 0.944. The van der Waals surface area contributed by atoms with Crippen LogP contribution in [0, 0.1) is 0 Å². The van der Waals surface area contributed by atoms with Crippen LogP contribution in [0.2, 0.25) is 0 Å². The van der Waals surface area contributed by atoms with Gasteiger partial charge in [0.15, 0.2) is 0 Å². The van der Waals surface area contributed by atoms with Crippen molar-refractivity contribution in [3.8, 4) is 0 Å². The maximum atomic E-state index is 11.9. The average molecular weight is 266 g/mol. The summed E-state index contributed by atoms with van der Waals surface area (Å²) in [5.74, 6) is -0.158. The fraction of sp³-hybridized carbons (Fsp3) is 0.182. The first-order valence-electron chi connectivity index (χ1n) is 5.29. The van der Waals surface area contributed by atoms with Gasteiger partial charge in [-0.2, -0.15) is 5.10 Å². The minimum atomic E-state index is -3.48. The van der Waals surface area contributed by atoms with Crippen LogP contribution in [0.25, 0.3) is 0 Å². The number of anilines is 2. The molecule has 1 aromatic heterocycles. The highest BCUT2D eigenvalue weighted by molar-refractivity contribution is 7.91. The van der Waals surface area contributed by atoms with Gasteiger partial charge in [-0.05, 0) is 11.6 Å². The number of nitrogens with two attached hydrogens (primary N) is 1. The number of para-hydroxylation sites is 1. The molecule has 0 aliphatic carbocycles. The molecule has 1 heterocycles. The molecule has 0 aliphatic rings. The highest BCUT2D eigenvalue weighted by Crippen LogP contribution is 2.16. The lowest BCUT2D eigenvalue weighted by molar-refractivity contribution is 0.600. The van der Waals surface area contributed by atoms with Crippen LogP contribution in [0.15, 0.2) is 36.7 Å². The molecule has 1 aromatic carbocycles. The minimum absolute atomic E-state index is 0.158. The van der Waals surface area contributed by atoms with Crippen LogP contribution in [-0.2, 0) is 22.8 Å². The Bertz CT molecular complexity index is 649. The summed E-state index contributed by atoms with van der Waals surface area (Å²) in [6, 6.07) is 6.89. The maximum Gasteiger partial charge on any atom is 0.237 e. The van der Waals surface area contributed by atoms with Gasteiger partial charge in [0.05, 0.1) is 17.6 Å². The predicted molar refractivity (Wildman–Crippen MR) is 70.3 cm³/mol. The average Bonchev–Trinajstić information content (AvgIpc) is 2.66. The van der Waals surface area contributed by atoms with Gasteiger partial charge in [-0.3, -0.25) is 9.40 Å². The minimum Gasteiger partial charge on any atom is -0.398 e. The molecule has 0 aliphatic heterocycles.